The third kappa shape index (κ3) is 4.26. The van der Waals surface area contributed by atoms with Crippen molar-refractivity contribution < 1.29 is 18.8 Å². The Labute approximate surface area is 167 Å². The van der Waals surface area contributed by atoms with Crippen LogP contribution in [0.2, 0.25) is 0 Å². The van der Waals surface area contributed by atoms with E-state index in [0.29, 0.717) is 43.8 Å². The van der Waals surface area contributed by atoms with Gasteiger partial charge >= 0.3 is 0 Å². The molecule has 2 aliphatic heterocycles. The second-order valence-electron chi connectivity index (χ2n) is 7.36. The molecule has 2 aliphatic rings. The zero-order valence-electron chi connectivity index (χ0n) is 15.8. The highest BCUT2D eigenvalue weighted by Crippen LogP contribution is 2.34. The molecule has 1 N–H and O–H groups in total. The maximum Gasteiger partial charge on any atom is 0.269 e. The summed E-state index contributed by atoms with van der Waals surface area (Å²) in [5, 5.41) is 6.84. The van der Waals surface area contributed by atoms with Gasteiger partial charge in [-0.3, -0.25) is 14.6 Å². The third-order valence-corrected chi connectivity index (χ3v) is 5.22. The van der Waals surface area contributed by atoms with Crippen molar-refractivity contribution in [3.8, 4) is 0 Å². The van der Waals surface area contributed by atoms with E-state index in [4.69, 9.17) is 4.84 Å². The molecular formula is C21H21FN4O3. The normalized spacial score (nSPS) is 20.9. The summed E-state index contributed by atoms with van der Waals surface area (Å²) in [6.07, 6.45) is 5.14. The Kier molecular flexibility index (Phi) is 5.24. The number of aromatic nitrogens is 1. The summed E-state index contributed by atoms with van der Waals surface area (Å²) in [6.45, 7) is 1.31. The lowest BCUT2D eigenvalue weighted by Crippen LogP contribution is -2.51. The minimum Gasteiger partial charge on any atom is -0.386 e. The van der Waals surface area contributed by atoms with Crippen LogP contribution in [-0.2, 0) is 16.2 Å². The number of piperidine rings is 1. The smallest absolute Gasteiger partial charge is 0.269 e. The molecule has 0 radical (unpaired) electrons. The van der Waals surface area contributed by atoms with Crippen LogP contribution >= 0.6 is 0 Å². The number of likely N-dealkylation sites (tertiary alicyclic amines) is 1. The predicted octanol–water partition coefficient (Wildman–Crippen LogP) is 2.29. The number of nitrogens with zero attached hydrogens (tertiary/aromatic N) is 3. The Morgan fingerprint density at radius 3 is 2.69 bits per heavy atom. The van der Waals surface area contributed by atoms with Crippen molar-refractivity contribution in [3.05, 3.63) is 65.7 Å². The van der Waals surface area contributed by atoms with Gasteiger partial charge in [-0.2, -0.15) is 0 Å². The minimum absolute atomic E-state index is 0.178. The zero-order chi connectivity index (χ0) is 20.3. The summed E-state index contributed by atoms with van der Waals surface area (Å²) >= 11 is 0. The van der Waals surface area contributed by atoms with E-state index < -0.39 is 5.60 Å². The van der Waals surface area contributed by atoms with Gasteiger partial charge in [0.2, 0.25) is 0 Å². The first-order chi connectivity index (χ1) is 14.0. The van der Waals surface area contributed by atoms with Crippen LogP contribution in [0.25, 0.3) is 0 Å². The Balaban J connectivity index is 1.36. The number of amides is 2. The summed E-state index contributed by atoms with van der Waals surface area (Å²) in [4.78, 5) is 36.5. The van der Waals surface area contributed by atoms with Crippen molar-refractivity contribution in [2.75, 3.05) is 13.1 Å². The molecule has 0 aliphatic carbocycles. The Bertz CT molecular complexity index is 933. The highest BCUT2D eigenvalue weighted by atomic mass is 19.1. The molecule has 1 fully saturated rings. The highest BCUT2D eigenvalue weighted by molar-refractivity contribution is 6.39. The first-order valence-electron chi connectivity index (χ1n) is 9.52. The molecule has 2 aromatic rings. The summed E-state index contributed by atoms with van der Waals surface area (Å²) < 4.78 is 13.1. The predicted molar refractivity (Wildman–Crippen MR) is 103 cm³/mol. The molecule has 0 saturated carbocycles. The van der Waals surface area contributed by atoms with Gasteiger partial charge in [-0.15, -0.1) is 0 Å². The number of hydrogen-bond acceptors (Lipinski definition) is 5. The maximum atomic E-state index is 13.1. The van der Waals surface area contributed by atoms with Crippen LogP contribution in [0.1, 0.15) is 35.2 Å². The summed E-state index contributed by atoms with van der Waals surface area (Å²) in [5.41, 5.74) is 1.02. The third-order valence-electron chi connectivity index (χ3n) is 5.22. The lowest BCUT2D eigenvalue weighted by molar-refractivity contribution is -0.115. The molecule has 1 unspecified atom stereocenters. The number of oxime groups is 1. The van der Waals surface area contributed by atoms with Crippen LogP contribution in [0.4, 0.5) is 4.39 Å². The number of nitrogens with one attached hydrogen (secondary N) is 1. The van der Waals surface area contributed by atoms with Gasteiger partial charge in [0.1, 0.15) is 11.5 Å². The minimum atomic E-state index is -0.683. The largest absolute Gasteiger partial charge is 0.386 e. The topological polar surface area (TPSA) is 83.9 Å². The molecule has 7 nitrogen and oxygen atoms in total. The molecular weight excluding hydrogens is 375 g/mol. The molecule has 1 atom stereocenters. The van der Waals surface area contributed by atoms with E-state index in [2.05, 4.69) is 15.5 Å². The summed E-state index contributed by atoms with van der Waals surface area (Å²) in [7, 11) is 0. The molecule has 1 saturated heterocycles. The average molecular weight is 396 g/mol. The number of rotatable bonds is 4. The average Bonchev–Trinajstić information content (AvgIpc) is 3.16. The molecule has 1 aromatic carbocycles. The van der Waals surface area contributed by atoms with Crippen LogP contribution in [0, 0.1) is 5.82 Å². The van der Waals surface area contributed by atoms with E-state index >= 15 is 0 Å². The number of pyridine rings is 1. The van der Waals surface area contributed by atoms with Crippen LogP contribution in [0.3, 0.4) is 0 Å². The van der Waals surface area contributed by atoms with Gasteiger partial charge in [-0.05, 0) is 54.8 Å². The van der Waals surface area contributed by atoms with Crippen molar-refractivity contribution >= 4 is 17.5 Å². The van der Waals surface area contributed by atoms with E-state index in [0.717, 1.165) is 12.0 Å². The quantitative estimate of drug-likeness (QED) is 0.860. The second kappa shape index (κ2) is 7.98. The first-order valence-corrected chi connectivity index (χ1v) is 9.52. The van der Waals surface area contributed by atoms with Gasteiger partial charge < -0.3 is 15.1 Å². The van der Waals surface area contributed by atoms with Gasteiger partial charge in [0.05, 0.1) is 6.54 Å². The van der Waals surface area contributed by atoms with Crippen molar-refractivity contribution in [2.45, 2.75) is 31.4 Å². The summed E-state index contributed by atoms with van der Waals surface area (Å²) in [6, 6.07) is 9.15. The zero-order valence-corrected chi connectivity index (χ0v) is 15.8. The van der Waals surface area contributed by atoms with Crippen molar-refractivity contribution in [1.29, 1.82) is 0 Å². The Hall–Kier alpha value is -3.29. The molecule has 29 heavy (non-hydrogen) atoms. The number of carbonyl (C=O) groups is 2. The lowest BCUT2D eigenvalue weighted by atomic mass is 9.87. The van der Waals surface area contributed by atoms with Crippen LogP contribution < -0.4 is 5.32 Å². The van der Waals surface area contributed by atoms with E-state index in [1.54, 1.807) is 17.3 Å². The molecule has 2 amide bonds. The first kappa shape index (κ1) is 19.0. The van der Waals surface area contributed by atoms with Crippen LogP contribution in [-0.4, -0.2) is 46.1 Å². The molecule has 4 rings (SSSR count). The van der Waals surface area contributed by atoms with Crippen molar-refractivity contribution in [2.24, 2.45) is 5.16 Å². The Morgan fingerprint density at radius 2 is 1.93 bits per heavy atom. The maximum absolute atomic E-state index is 13.1. The lowest BCUT2D eigenvalue weighted by Gasteiger charge is -2.38. The molecule has 1 aromatic heterocycles. The molecule has 0 bridgehead atoms. The highest BCUT2D eigenvalue weighted by Gasteiger charge is 2.45. The van der Waals surface area contributed by atoms with Crippen LogP contribution in [0.15, 0.2) is 53.9 Å². The molecule has 1 spiro atoms. The van der Waals surface area contributed by atoms with Gasteiger partial charge in [0, 0.05) is 37.5 Å². The van der Waals surface area contributed by atoms with Crippen LogP contribution in [0.5, 0.6) is 0 Å². The van der Waals surface area contributed by atoms with Gasteiger partial charge in [-0.1, -0.05) is 5.16 Å². The fourth-order valence-electron chi connectivity index (χ4n) is 3.69. The number of benzene rings is 1. The monoisotopic (exact) mass is 396 g/mol. The second-order valence-corrected chi connectivity index (χ2v) is 7.36. The SMILES string of the molecule is O=C(NCc1ccncc1)C1=NOC2(CCCN(C(=O)c3ccc(F)cc3)C2)C1. The fourth-order valence-corrected chi connectivity index (χ4v) is 3.69. The number of hydrogen-bond donors (Lipinski definition) is 1. The molecule has 3 heterocycles. The standard InChI is InChI=1S/C21H21FN4O3/c22-17-4-2-16(3-5-17)20(28)26-11-1-8-21(14-26)12-18(25-29-21)19(27)24-13-15-6-9-23-10-7-15/h2-7,9-10H,1,8,11-14H2,(H,24,27). The van der Waals surface area contributed by atoms with Crippen molar-refractivity contribution in [3.63, 3.8) is 0 Å². The molecule has 150 valence electrons. The Morgan fingerprint density at radius 1 is 1.17 bits per heavy atom. The molecule has 8 heteroatoms. The van der Waals surface area contributed by atoms with Gasteiger partial charge in [0.15, 0.2) is 5.60 Å². The van der Waals surface area contributed by atoms with E-state index in [9.17, 15) is 14.0 Å². The summed E-state index contributed by atoms with van der Waals surface area (Å²) in [5.74, 6) is -0.837. The van der Waals surface area contributed by atoms with Crippen molar-refractivity contribution in [1.82, 2.24) is 15.2 Å². The van der Waals surface area contributed by atoms with Gasteiger partial charge in [-0.25, -0.2) is 4.39 Å². The van der Waals surface area contributed by atoms with E-state index in [1.165, 1.54) is 24.3 Å². The number of halogens is 1. The fraction of sp³-hybridized carbons (Fsp3) is 0.333. The van der Waals surface area contributed by atoms with E-state index in [1.807, 2.05) is 12.1 Å². The number of carbonyl (C=O) groups excluding carboxylic acids is 2. The van der Waals surface area contributed by atoms with Gasteiger partial charge in [0.25, 0.3) is 11.8 Å². The van der Waals surface area contributed by atoms with E-state index in [-0.39, 0.29) is 17.6 Å².